The molecule has 0 bridgehead atoms. The summed E-state index contributed by atoms with van der Waals surface area (Å²) in [5, 5.41) is 8.85. The van der Waals surface area contributed by atoms with Crippen molar-refractivity contribution in [2.24, 2.45) is 0 Å². The number of nitrogens with zero attached hydrogens (tertiary/aromatic N) is 1. The molecule has 1 amide bonds. The first kappa shape index (κ1) is 9.00. The highest BCUT2D eigenvalue weighted by Gasteiger charge is 2.44. The van der Waals surface area contributed by atoms with E-state index in [1.54, 1.807) is 0 Å². The molecule has 0 unspecified atom stereocenters. The second-order valence-corrected chi connectivity index (χ2v) is 4.24. The highest BCUT2D eigenvalue weighted by Crippen LogP contribution is 2.42. The van der Waals surface area contributed by atoms with Gasteiger partial charge < -0.3 is 10.0 Å². The summed E-state index contributed by atoms with van der Waals surface area (Å²) in [6.45, 7) is 0.543. The van der Waals surface area contributed by atoms with Gasteiger partial charge in [0.2, 0.25) is 5.91 Å². The van der Waals surface area contributed by atoms with E-state index in [0.29, 0.717) is 0 Å². The summed E-state index contributed by atoms with van der Waals surface area (Å²) >= 11 is 0. The number of carbonyl (C=O) groups excluding carboxylic acids is 1. The Morgan fingerprint density at radius 3 is 2.46 bits per heavy atom. The molecule has 0 aromatic rings. The molecule has 0 aromatic carbocycles. The quantitative estimate of drug-likeness (QED) is 0.656. The van der Waals surface area contributed by atoms with Crippen LogP contribution in [0.4, 0.5) is 0 Å². The van der Waals surface area contributed by atoms with Gasteiger partial charge in [-0.3, -0.25) is 4.79 Å². The van der Waals surface area contributed by atoms with Crippen LogP contribution in [0.3, 0.4) is 0 Å². The minimum Gasteiger partial charge on any atom is -0.387 e. The lowest BCUT2D eigenvalue weighted by Crippen LogP contribution is -2.46. The Morgan fingerprint density at radius 1 is 1.23 bits per heavy atom. The highest BCUT2D eigenvalue weighted by atomic mass is 16.3. The van der Waals surface area contributed by atoms with Crippen LogP contribution >= 0.6 is 0 Å². The molecule has 1 heterocycles. The molecule has 1 N–H and O–H groups in total. The molecule has 0 aromatic heterocycles. The summed E-state index contributed by atoms with van der Waals surface area (Å²) in [4.78, 5) is 13.4. The third kappa shape index (κ3) is 1.35. The van der Waals surface area contributed by atoms with Crippen LogP contribution in [-0.4, -0.2) is 34.6 Å². The topological polar surface area (TPSA) is 40.5 Å². The molecule has 0 radical (unpaired) electrons. The van der Waals surface area contributed by atoms with Crippen molar-refractivity contribution in [2.75, 3.05) is 13.2 Å². The summed E-state index contributed by atoms with van der Waals surface area (Å²) in [6, 6.07) is 0. The van der Waals surface area contributed by atoms with Gasteiger partial charge >= 0.3 is 0 Å². The monoisotopic (exact) mass is 183 g/mol. The lowest BCUT2D eigenvalue weighted by atomic mass is 9.94. The van der Waals surface area contributed by atoms with Crippen LogP contribution in [0.15, 0.2) is 0 Å². The van der Waals surface area contributed by atoms with Crippen molar-refractivity contribution in [2.45, 2.75) is 44.1 Å². The zero-order valence-corrected chi connectivity index (χ0v) is 7.96. The molecule has 1 saturated heterocycles. The number of carbonyl (C=O) groups is 1. The normalized spacial score (nSPS) is 25.8. The minimum atomic E-state index is -0.318. The van der Waals surface area contributed by atoms with E-state index in [9.17, 15) is 4.79 Å². The molecule has 1 spiro atoms. The van der Waals surface area contributed by atoms with Gasteiger partial charge in [-0.2, -0.15) is 0 Å². The number of hydrogen-bond acceptors (Lipinski definition) is 2. The molecule has 2 rings (SSSR count). The van der Waals surface area contributed by atoms with E-state index in [1.165, 1.54) is 12.8 Å². The maximum absolute atomic E-state index is 11.5. The van der Waals surface area contributed by atoms with E-state index in [1.807, 2.05) is 4.90 Å². The number of likely N-dealkylation sites (tertiary alicyclic amines) is 1. The Bertz CT molecular complexity index is 203. The lowest BCUT2D eigenvalue weighted by Gasteiger charge is -2.34. The third-order valence-corrected chi connectivity index (χ3v) is 3.57. The second-order valence-electron chi connectivity index (χ2n) is 4.24. The third-order valence-electron chi connectivity index (χ3n) is 3.57. The van der Waals surface area contributed by atoms with Gasteiger partial charge in [0, 0.05) is 12.1 Å². The van der Waals surface area contributed by atoms with Crippen molar-refractivity contribution in [1.82, 2.24) is 4.90 Å². The number of rotatable bonds is 1. The molecule has 3 heteroatoms. The summed E-state index contributed by atoms with van der Waals surface area (Å²) < 4.78 is 0. The molecule has 74 valence electrons. The maximum Gasteiger partial charge on any atom is 0.248 e. The van der Waals surface area contributed by atoms with Crippen molar-refractivity contribution in [1.29, 1.82) is 0 Å². The van der Waals surface area contributed by atoms with E-state index < -0.39 is 0 Å². The van der Waals surface area contributed by atoms with Crippen molar-refractivity contribution < 1.29 is 9.90 Å². The zero-order valence-electron chi connectivity index (χ0n) is 7.96. The fraction of sp³-hybridized carbons (Fsp3) is 0.900. The first-order chi connectivity index (χ1) is 6.28. The molecular weight excluding hydrogens is 166 g/mol. The summed E-state index contributed by atoms with van der Waals surface area (Å²) in [7, 11) is 0. The molecule has 1 saturated carbocycles. The van der Waals surface area contributed by atoms with Gasteiger partial charge in [0.1, 0.15) is 6.61 Å². The van der Waals surface area contributed by atoms with Gasteiger partial charge in [-0.25, -0.2) is 0 Å². The summed E-state index contributed by atoms with van der Waals surface area (Å²) in [5.41, 5.74) is 0.153. The summed E-state index contributed by atoms with van der Waals surface area (Å²) in [5.74, 6) is -0.0700. The van der Waals surface area contributed by atoms with Crippen LogP contribution < -0.4 is 0 Å². The number of aliphatic hydroxyl groups is 1. The van der Waals surface area contributed by atoms with Crippen LogP contribution in [0, 0.1) is 0 Å². The van der Waals surface area contributed by atoms with Crippen molar-refractivity contribution in [3.8, 4) is 0 Å². The van der Waals surface area contributed by atoms with Gasteiger partial charge in [0.05, 0.1) is 0 Å². The molecular formula is C10H17NO2. The van der Waals surface area contributed by atoms with Gasteiger partial charge in [-0.15, -0.1) is 0 Å². The van der Waals surface area contributed by atoms with E-state index in [2.05, 4.69) is 0 Å². The van der Waals surface area contributed by atoms with Gasteiger partial charge in [0.15, 0.2) is 0 Å². The van der Waals surface area contributed by atoms with E-state index in [-0.39, 0.29) is 18.1 Å². The van der Waals surface area contributed by atoms with Crippen LogP contribution in [0.25, 0.3) is 0 Å². The first-order valence-electron chi connectivity index (χ1n) is 5.20. The van der Waals surface area contributed by atoms with Crippen LogP contribution in [0.2, 0.25) is 0 Å². The van der Waals surface area contributed by atoms with E-state index >= 15 is 0 Å². The molecule has 1 aliphatic heterocycles. The van der Waals surface area contributed by atoms with Gasteiger partial charge in [0.25, 0.3) is 0 Å². The largest absolute Gasteiger partial charge is 0.387 e. The standard InChI is InChI=1S/C10H17NO2/c12-8-9(13)11-7-3-6-10(11)4-1-2-5-10/h12H,1-8H2. The Kier molecular flexibility index (Phi) is 2.28. The number of aliphatic hydroxyl groups excluding tert-OH is 1. The fourth-order valence-corrected chi connectivity index (χ4v) is 2.97. The predicted molar refractivity (Wildman–Crippen MR) is 49.2 cm³/mol. The predicted octanol–water partition coefficient (Wildman–Crippen LogP) is 0.914. The number of amides is 1. The van der Waals surface area contributed by atoms with Crippen molar-refractivity contribution in [3.05, 3.63) is 0 Å². The summed E-state index contributed by atoms with van der Waals surface area (Å²) in [6.07, 6.45) is 7.06. The lowest BCUT2D eigenvalue weighted by molar-refractivity contribution is -0.138. The zero-order chi connectivity index (χ0) is 9.31. The van der Waals surface area contributed by atoms with E-state index in [4.69, 9.17) is 5.11 Å². The number of hydrogen-bond donors (Lipinski definition) is 1. The molecule has 2 fully saturated rings. The first-order valence-corrected chi connectivity index (χ1v) is 5.20. The molecule has 2 aliphatic rings. The Balaban J connectivity index is 2.13. The molecule has 1 aliphatic carbocycles. The van der Waals surface area contributed by atoms with Crippen LogP contribution in [0.1, 0.15) is 38.5 Å². The Hall–Kier alpha value is -0.570. The van der Waals surface area contributed by atoms with Crippen molar-refractivity contribution in [3.63, 3.8) is 0 Å². The minimum absolute atomic E-state index is 0.0700. The highest BCUT2D eigenvalue weighted by molar-refractivity contribution is 5.78. The SMILES string of the molecule is O=C(CO)N1CCCC12CCCC2. The molecule has 0 atom stereocenters. The second kappa shape index (κ2) is 3.29. The van der Waals surface area contributed by atoms with Crippen LogP contribution in [-0.2, 0) is 4.79 Å². The maximum atomic E-state index is 11.5. The fourth-order valence-electron chi connectivity index (χ4n) is 2.97. The average molecular weight is 183 g/mol. The van der Waals surface area contributed by atoms with Crippen LogP contribution in [0.5, 0.6) is 0 Å². The Morgan fingerprint density at radius 2 is 1.85 bits per heavy atom. The van der Waals surface area contributed by atoms with Gasteiger partial charge in [-0.05, 0) is 25.7 Å². The Labute approximate surface area is 78.7 Å². The van der Waals surface area contributed by atoms with E-state index in [0.717, 1.165) is 32.2 Å². The van der Waals surface area contributed by atoms with Gasteiger partial charge in [-0.1, -0.05) is 12.8 Å². The average Bonchev–Trinajstić information content (AvgIpc) is 2.76. The molecule has 13 heavy (non-hydrogen) atoms. The smallest absolute Gasteiger partial charge is 0.248 e. The molecule has 3 nitrogen and oxygen atoms in total. The van der Waals surface area contributed by atoms with Crippen molar-refractivity contribution >= 4 is 5.91 Å².